The molecule has 2 aromatic rings. The minimum atomic E-state index is 0.0558. The summed E-state index contributed by atoms with van der Waals surface area (Å²) >= 11 is 0. The summed E-state index contributed by atoms with van der Waals surface area (Å²) in [7, 11) is 1.93. The molecule has 1 atom stereocenters. The zero-order valence-corrected chi connectivity index (χ0v) is 16.2. The Morgan fingerprint density at radius 3 is 2.88 bits per heavy atom. The Balaban J connectivity index is 1.51. The van der Waals surface area contributed by atoms with E-state index in [1.807, 2.05) is 22.8 Å². The molecule has 1 fully saturated rings. The maximum Gasteiger partial charge on any atom is 0.226 e. The highest BCUT2D eigenvalue weighted by molar-refractivity contribution is 5.76. The molecular weight excluding hydrogens is 330 g/mol. The van der Waals surface area contributed by atoms with Gasteiger partial charge in [-0.05, 0) is 23.8 Å². The van der Waals surface area contributed by atoms with E-state index < -0.39 is 0 Å². The SMILES string of the molecule is CCCc1noc(CCCC(=O)N2CC(c3cnn(C)c3)C(C)(C)C2)n1. The molecule has 0 spiro atoms. The van der Waals surface area contributed by atoms with Crippen LogP contribution in [0.2, 0.25) is 0 Å². The van der Waals surface area contributed by atoms with E-state index in [1.54, 1.807) is 0 Å². The van der Waals surface area contributed by atoms with E-state index in [1.165, 1.54) is 5.56 Å². The zero-order valence-electron chi connectivity index (χ0n) is 16.2. The second kappa shape index (κ2) is 7.60. The predicted molar refractivity (Wildman–Crippen MR) is 97.5 cm³/mol. The van der Waals surface area contributed by atoms with Gasteiger partial charge >= 0.3 is 0 Å². The number of hydrogen-bond acceptors (Lipinski definition) is 5. The smallest absolute Gasteiger partial charge is 0.226 e. The van der Waals surface area contributed by atoms with E-state index in [2.05, 4.69) is 42.2 Å². The van der Waals surface area contributed by atoms with E-state index in [-0.39, 0.29) is 11.3 Å². The van der Waals surface area contributed by atoms with Gasteiger partial charge in [0.2, 0.25) is 11.8 Å². The van der Waals surface area contributed by atoms with Gasteiger partial charge in [0, 0.05) is 51.5 Å². The quantitative estimate of drug-likeness (QED) is 0.760. The molecule has 7 nitrogen and oxygen atoms in total. The summed E-state index contributed by atoms with van der Waals surface area (Å²) in [6.45, 7) is 8.09. The Morgan fingerprint density at radius 2 is 2.19 bits per heavy atom. The van der Waals surface area contributed by atoms with Gasteiger partial charge in [-0.1, -0.05) is 25.9 Å². The summed E-state index contributed by atoms with van der Waals surface area (Å²) in [6.07, 6.45) is 7.73. The number of aromatic nitrogens is 4. The van der Waals surface area contributed by atoms with Crippen LogP contribution in [0, 0.1) is 5.41 Å². The molecule has 1 aliphatic rings. The molecule has 0 saturated carbocycles. The molecule has 3 heterocycles. The van der Waals surface area contributed by atoms with Crippen LogP contribution in [0.25, 0.3) is 0 Å². The first-order chi connectivity index (χ1) is 12.4. The van der Waals surface area contributed by atoms with Crippen LogP contribution >= 0.6 is 0 Å². The number of nitrogens with zero attached hydrogens (tertiary/aromatic N) is 5. The van der Waals surface area contributed by atoms with Crippen LogP contribution in [0.1, 0.15) is 63.2 Å². The first-order valence-electron chi connectivity index (χ1n) is 9.47. The molecule has 0 aliphatic carbocycles. The molecule has 3 rings (SSSR count). The zero-order chi connectivity index (χ0) is 18.7. The lowest BCUT2D eigenvalue weighted by Gasteiger charge is -2.24. The number of rotatable bonds is 7. The van der Waals surface area contributed by atoms with Crippen molar-refractivity contribution in [3.8, 4) is 0 Å². The van der Waals surface area contributed by atoms with Crippen molar-refractivity contribution < 1.29 is 9.32 Å². The van der Waals surface area contributed by atoms with Gasteiger partial charge in [0.1, 0.15) is 0 Å². The van der Waals surface area contributed by atoms with Gasteiger partial charge in [-0.15, -0.1) is 0 Å². The maximum absolute atomic E-state index is 12.7. The molecule has 0 radical (unpaired) electrons. The first-order valence-corrected chi connectivity index (χ1v) is 9.47. The first kappa shape index (κ1) is 18.6. The van der Waals surface area contributed by atoms with Crippen molar-refractivity contribution in [3.05, 3.63) is 29.7 Å². The molecule has 2 aromatic heterocycles. The van der Waals surface area contributed by atoms with Crippen molar-refractivity contribution in [2.45, 2.75) is 58.8 Å². The van der Waals surface area contributed by atoms with Gasteiger partial charge in [-0.2, -0.15) is 10.1 Å². The fourth-order valence-electron chi connectivity index (χ4n) is 3.77. The number of hydrogen-bond donors (Lipinski definition) is 0. The second-order valence-electron chi connectivity index (χ2n) is 7.97. The van der Waals surface area contributed by atoms with Gasteiger partial charge < -0.3 is 9.42 Å². The number of carbonyl (C=O) groups is 1. The fourth-order valence-corrected chi connectivity index (χ4v) is 3.77. The van der Waals surface area contributed by atoms with E-state index in [0.29, 0.717) is 24.7 Å². The molecule has 1 saturated heterocycles. The van der Waals surface area contributed by atoms with Crippen molar-refractivity contribution in [1.29, 1.82) is 0 Å². The van der Waals surface area contributed by atoms with E-state index in [4.69, 9.17) is 4.52 Å². The molecule has 1 unspecified atom stereocenters. The topological polar surface area (TPSA) is 77.0 Å². The highest BCUT2D eigenvalue weighted by atomic mass is 16.5. The predicted octanol–water partition coefficient (Wildman–Crippen LogP) is 2.73. The highest BCUT2D eigenvalue weighted by Crippen LogP contribution is 2.42. The highest BCUT2D eigenvalue weighted by Gasteiger charge is 2.42. The molecule has 1 aliphatic heterocycles. The molecule has 0 bridgehead atoms. The number of aryl methyl sites for hydroxylation is 3. The minimum Gasteiger partial charge on any atom is -0.342 e. The summed E-state index contributed by atoms with van der Waals surface area (Å²) in [5, 5.41) is 8.24. The lowest BCUT2D eigenvalue weighted by molar-refractivity contribution is -0.130. The molecule has 1 amide bonds. The number of likely N-dealkylation sites (tertiary alicyclic amines) is 1. The Kier molecular flexibility index (Phi) is 5.44. The van der Waals surface area contributed by atoms with E-state index >= 15 is 0 Å². The molecule has 142 valence electrons. The van der Waals surface area contributed by atoms with Crippen LogP contribution < -0.4 is 0 Å². The lowest BCUT2D eigenvalue weighted by Crippen LogP contribution is -2.30. The van der Waals surface area contributed by atoms with Gasteiger partial charge in [0.25, 0.3) is 0 Å². The van der Waals surface area contributed by atoms with Crippen molar-refractivity contribution in [2.75, 3.05) is 13.1 Å². The molecule has 0 N–H and O–H groups in total. The standard InChI is InChI=1S/C19H29N5O2/c1-5-7-16-21-17(26-22-16)8-6-9-18(25)24-12-15(19(2,3)13-24)14-10-20-23(4)11-14/h10-11,15H,5-9,12-13H2,1-4H3. The van der Waals surface area contributed by atoms with Crippen LogP contribution in [0.4, 0.5) is 0 Å². The van der Waals surface area contributed by atoms with E-state index in [9.17, 15) is 4.79 Å². The molecule has 26 heavy (non-hydrogen) atoms. The Morgan fingerprint density at radius 1 is 1.38 bits per heavy atom. The summed E-state index contributed by atoms with van der Waals surface area (Å²) in [6, 6.07) is 0. The van der Waals surface area contributed by atoms with Crippen LogP contribution in [0.3, 0.4) is 0 Å². The summed E-state index contributed by atoms with van der Waals surface area (Å²) < 4.78 is 7.07. The largest absolute Gasteiger partial charge is 0.342 e. The number of amides is 1. The molecular formula is C19H29N5O2. The normalized spacial score (nSPS) is 19.2. The Labute approximate surface area is 154 Å². The van der Waals surface area contributed by atoms with Crippen molar-refractivity contribution in [2.24, 2.45) is 12.5 Å². The average Bonchev–Trinajstić information content (AvgIpc) is 3.27. The van der Waals surface area contributed by atoms with Crippen LogP contribution in [0.5, 0.6) is 0 Å². The van der Waals surface area contributed by atoms with Crippen molar-refractivity contribution in [3.63, 3.8) is 0 Å². The summed E-state index contributed by atoms with van der Waals surface area (Å²) in [4.78, 5) is 19.0. The second-order valence-corrected chi connectivity index (χ2v) is 7.97. The maximum atomic E-state index is 12.7. The summed E-state index contributed by atoms with van der Waals surface area (Å²) in [5.41, 5.74) is 1.27. The third-order valence-electron chi connectivity index (χ3n) is 5.19. The fraction of sp³-hybridized carbons (Fsp3) is 0.684. The Hall–Kier alpha value is -2.18. The molecule has 0 aromatic carbocycles. The van der Waals surface area contributed by atoms with Crippen LogP contribution in [0.15, 0.2) is 16.9 Å². The lowest BCUT2D eigenvalue weighted by atomic mass is 9.79. The number of carbonyl (C=O) groups excluding carboxylic acids is 1. The third kappa shape index (κ3) is 4.14. The third-order valence-corrected chi connectivity index (χ3v) is 5.19. The van der Waals surface area contributed by atoms with Crippen LogP contribution in [-0.2, 0) is 24.7 Å². The van der Waals surface area contributed by atoms with Gasteiger partial charge in [-0.3, -0.25) is 9.48 Å². The van der Waals surface area contributed by atoms with Crippen LogP contribution in [-0.4, -0.2) is 43.8 Å². The van der Waals surface area contributed by atoms with Gasteiger partial charge in [0.05, 0.1) is 6.20 Å². The van der Waals surface area contributed by atoms with Gasteiger partial charge in [-0.25, -0.2) is 0 Å². The monoisotopic (exact) mass is 359 g/mol. The van der Waals surface area contributed by atoms with Crippen molar-refractivity contribution >= 4 is 5.91 Å². The Bertz CT molecular complexity index is 749. The molecule has 7 heteroatoms. The average molecular weight is 359 g/mol. The van der Waals surface area contributed by atoms with Gasteiger partial charge in [0.15, 0.2) is 5.82 Å². The minimum absolute atomic E-state index is 0.0558. The summed E-state index contributed by atoms with van der Waals surface area (Å²) in [5.74, 6) is 1.93. The van der Waals surface area contributed by atoms with Crippen molar-refractivity contribution in [1.82, 2.24) is 24.8 Å². The van der Waals surface area contributed by atoms with E-state index in [0.717, 1.165) is 38.2 Å².